The minimum atomic E-state index is -1.12. The van der Waals surface area contributed by atoms with E-state index in [0.717, 1.165) is 0 Å². The summed E-state index contributed by atoms with van der Waals surface area (Å²) in [5.41, 5.74) is 8.25. The Hall–Kier alpha value is -2.14. The third-order valence-corrected chi connectivity index (χ3v) is 1.22. The Kier molecular flexibility index (Phi) is 5.41. The monoisotopic (exact) mass is 195 g/mol. The van der Waals surface area contributed by atoms with Crippen LogP contribution in [-0.2, 0) is 4.79 Å². The highest BCUT2D eigenvalue weighted by atomic mass is 16.4. The highest BCUT2D eigenvalue weighted by Gasteiger charge is 1.99. The predicted octanol–water partition coefficient (Wildman–Crippen LogP) is 1.38. The Balaban J connectivity index is 4.60. The molecule has 0 aromatic carbocycles. The summed E-state index contributed by atoms with van der Waals surface area (Å²) in [5, 5.41) is 11.7. The molecule has 0 aliphatic rings. The first-order valence-corrected chi connectivity index (χ1v) is 3.56. The normalized spacial score (nSPS) is 11.8. The van der Waals surface area contributed by atoms with Gasteiger partial charge in [-0.25, -0.2) is 4.79 Å². The summed E-state index contributed by atoms with van der Waals surface area (Å²) in [6, 6.07) is 0. The Labute approximate surface area is 80.1 Å². The number of nitrogens with zero attached hydrogens (tertiary/aromatic N) is 5. The van der Waals surface area contributed by atoms with Crippen LogP contribution in [0.4, 0.5) is 0 Å². The number of hydrogen-bond acceptors (Lipinski definition) is 4. The number of azide groups is 1. The van der Waals surface area contributed by atoms with Gasteiger partial charge in [-0.1, -0.05) is 5.11 Å². The van der Waals surface area contributed by atoms with Crippen molar-refractivity contribution < 1.29 is 9.90 Å². The Bertz CT molecular complexity index is 338. The number of aliphatic carboxylic acids is 1. The predicted molar refractivity (Wildman–Crippen MR) is 52.4 cm³/mol. The van der Waals surface area contributed by atoms with Crippen LogP contribution in [0.15, 0.2) is 27.0 Å². The smallest absolute Gasteiger partial charge is 0.349 e. The van der Waals surface area contributed by atoms with Crippen molar-refractivity contribution in [3.63, 3.8) is 0 Å². The van der Waals surface area contributed by atoms with Crippen molar-refractivity contribution in [2.45, 2.75) is 6.92 Å². The molecule has 0 unspecified atom stereocenters. The third kappa shape index (κ3) is 4.68. The molecule has 0 atom stereocenters. The van der Waals surface area contributed by atoms with E-state index in [4.69, 9.17) is 10.6 Å². The van der Waals surface area contributed by atoms with Gasteiger partial charge >= 0.3 is 5.97 Å². The average molecular weight is 195 g/mol. The fourth-order valence-electron chi connectivity index (χ4n) is 0.462. The SMILES string of the molecule is C=N/C(=C\N=C(C)C(=O)O)CN=[N+]=[N-]. The van der Waals surface area contributed by atoms with E-state index in [9.17, 15) is 4.79 Å². The molecule has 7 heteroatoms. The molecule has 0 saturated carbocycles. The molecule has 0 aliphatic carbocycles. The minimum Gasteiger partial charge on any atom is -0.477 e. The largest absolute Gasteiger partial charge is 0.477 e. The number of carboxylic acids is 1. The number of carbonyl (C=O) groups is 1. The topological polar surface area (TPSA) is 111 Å². The lowest BCUT2D eigenvalue weighted by Crippen LogP contribution is -2.07. The van der Waals surface area contributed by atoms with Gasteiger partial charge in [0, 0.05) is 11.1 Å². The average Bonchev–Trinajstić information content (AvgIpc) is 2.17. The Morgan fingerprint density at radius 2 is 2.36 bits per heavy atom. The zero-order chi connectivity index (χ0) is 11.0. The van der Waals surface area contributed by atoms with E-state index in [1.807, 2.05) is 0 Å². The van der Waals surface area contributed by atoms with E-state index in [1.165, 1.54) is 13.1 Å². The van der Waals surface area contributed by atoms with Crippen LogP contribution < -0.4 is 0 Å². The van der Waals surface area contributed by atoms with E-state index in [-0.39, 0.29) is 12.3 Å². The molecule has 0 heterocycles. The molecule has 0 amide bonds. The first-order chi connectivity index (χ1) is 6.61. The number of aliphatic imine (C=N–C) groups is 2. The maximum atomic E-state index is 10.3. The molecule has 1 N–H and O–H groups in total. The second-order valence-electron chi connectivity index (χ2n) is 2.19. The van der Waals surface area contributed by atoms with Gasteiger partial charge < -0.3 is 5.11 Å². The van der Waals surface area contributed by atoms with Crippen molar-refractivity contribution in [3.05, 3.63) is 22.3 Å². The van der Waals surface area contributed by atoms with Crippen molar-refractivity contribution in [2.75, 3.05) is 6.54 Å². The van der Waals surface area contributed by atoms with Crippen molar-refractivity contribution in [1.82, 2.24) is 0 Å². The summed E-state index contributed by atoms with van der Waals surface area (Å²) in [6.07, 6.45) is 1.20. The summed E-state index contributed by atoms with van der Waals surface area (Å²) >= 11 is 0. The van der Waals surface area contributed by atoms with Crippen molar-refractivity contribution in [3.8, 4) is 0 Å². The van der Waals surface area contributed by atoms with Crippen LogP contribution in [0.5, 0.6) is 0 Å². The van der Waals surface area contributed by atoms with E-state index in [1.54, 1.807) is 0 Å². The molecule has 0 rings (SSSR count). The molecule has 0 aromatic heterocycles. The highest BCUT2D eigenvalue weighted by molar-refractivity contribution is 6.34. The van der Waals surface area contributed by atoms with Gasteiger partial charge in [0.1, 0.15) is 5.71 Å². The van der Waals surface area contributed by atoms with E-state index >= 15 is 0 Å². The van der Waals surface area contributed by atoms with Gasteiger partial charge in [-0.15, -0.1) is 0 Å². The van der Waals surface area contributed by atoms with Crippen LogP contribution in [0.3, 0.4) is 0 Å². The van der Waals surface area contributed by atoms with Crippen molar-refractivity contribution >= 4 is 18.4 Å². The van der Waals surface area contributed by atoms with Crippen LogP contribution in [-0.4, -0.2) is 30.0 Å². The third-order valence-electron chi connectivity index (χ3n) is 1.22. The van der Waals surface area contributed by atoms with Crippen LogP contribution in [0.25, 0.3) is 10.4 Å². The van der Waals surface area contributed by atoms with Crippen molar-refractivity contribution in [1.29, 1.82) is 0 Å². The van der Waals surface area contributed by atoms with Crippen LogP contribution in [0, 0.1) is 0 Å². The van der Waals surface area contributed by atoms with E-state index in [2.05, 4.69) is 26.7 Å². The minimum absolute atomic E-state index is 0.00357. The quantitative estimate of drug-likeness (QED) is 0.309. The van der Waals surface area contributed by atoms with E-state index < -0.39 is 5.97 Å². The summed E-state index contributed by atoms with van der Waals surface area (Å²) in [7, 11) is 0. The molecule has 0 saturated heterocycles. The first-order valence-electron chi connectivity index (χ1n) is 3.56. The fraction of sp³-hybridized carbons (Fsp3) is 0.286. The molecule has 0 spiro atoms. The van der Waals surface area contributed by atoms with Crippen LogP contribution in [0.1, 0.15) is 6.92 Å². The van der Waals surface area contributed by atoms with E-state index in [0.29, 0.717) is 5.70 Å². The molecule has 0 aromatic rings. The van der Waals surface area contributed by atoms with Crippen molar-refractivity contribution in [2.24, 2.45) is 15.1 Å². The molecular weight excluding hydrogens is 186 g/mol. The summed E-state index contributed by atoms with van der Waals surface area (Å²) in [4.78, 5) is 19.9. The molecule has 74 valence electrons. The lowest BCUT2D eigenvalue weighted by Gasteiger charge is -1.92. The summed E-state index contributed by atoms with van der Waals surface area (Å²) < 4.78 is 0. The van der Waals surface area contributed by atoms with Gasteiger partial charge in [0.15, 0.2) is 0 Å². The zero-order valence-electron chi connectivity index (χ0n) is 7.58. The number of hydrogen-bond donors (Lipinski definition) is 1. The fourth-order valence-corrected chi connectivity index (χ4v) is 0.462. The number of carboxylic acid groups (broad SMARTS) is 1. The van der Waals surface area contributed by atoms with Gasteiger partial charge in [-0.2, -0.15) is 0 Å². The molecule has 0 radical (unpaired) electrons. The first kappa shape index (κ1) is 11.9. The Morgan fingerprint density at radius 3 is 2.79 bits per heavy atom. The van der Waals surface area contributed by atoms with Gasteiger partial charge in [0.25, 0.3) is 0 Å². The zero-order valence-corrected chi connectivity index (χ0v) is 7.58. The summed E-state index contributed by atoms with van der Waals surface area (Å²) in [6.45, 7) is 4.56. The molecule has 7 nitrogen and oxygen atoms in total. The molecule has 0 bridgehead atoms. The van der Waals surface area contributed by atoms with Gasteiger partial charge in [0.05, 0.1) is 12.2 Å². The van der Waals surface area contributed by atoms with Gasteiger partial charge in [0.2, 0.25) is 0 Å². The van der Waals surface area contributed by atoms with Crippen LogP contribution >= 0.6 is 0 Å². The highest BCUT2D eigenvalue weighted by Crippen LogP contribution is 1.97. The lowest BCUT2D eigenvalue weighted by atomic mass is 10.4. The summed E-state index contributed by atoms with van der Waals surface area (Å²) in [5.74, 6) is -1.12. The van der Waals surface area contributed by atoms with Crippen LogP contribution in [0.2, 0.25) is 0 Å². The second-order valence-corrected chi connectivity index (χ2v) is 2.19. The molecular formula is C7H9N5O2. The maximum Gasteiger partial charge on any atom is 0.349 e. The van der Waals surface area contributed by atoms with Gasteiger partial charge in [-0.3, -0.25) is 9.98 Å². The molecule has 0 aliphatic heterocycles. The Morgan fingerprint density at radius 1 is 1.71 bits per heavy atom. The van der Waals surface area contributed by atoms with Gasteiger partial charge in [-0.05, 0) is 19.2 Å². The standard InChI is InChI=1S/C7H9N5O2/c1-5(7(13)14)10-3-6(9-2)4-11-12-8/h3H,2,4H2,1H3,(H,13,14)/b6-3-,10-5?. The maximum absolute atomic E-state index is 10.3. The molecule has 0 fully saturated rings. The number of rotatable bonds is 5. The lowest BCUT2D eigenvalue weighted by molar-refractivity contribution is -0.129. The second kappa shape index (κ2) is 6.38. The molecule has 14 heavy (non-hydrogen) atoms.